The van der Waals surface area contributed by atoms with Gasteiger partial charge in [0, 0.05) is 17.2 Å². The number of carbonyl (C=O) groups excluding carboxylic acids is 1. The molecule has 134 valence electrons. The number of rotatable bonds is 7. The maximum atomic E-state index is 12.2. The number of aromatic nitrogens is 1. The Morgan fingerprint density at radius 2 is 1.92 bits per heavy atom. The molecule has 1 heterocycles. The van der Waals surface area contributed by atoms with Crippen molar-refractivity contribution in [1.29, 1.82) is 0 Å². The van der Waals surface area contributed by atoms with Gasteiger partial charge in [-0.1, -0.05) is 17.3 Å². The molecular formula is C20H20N2O4. The molecule has 0 unspecified atom stereocenters. The second-order valence-corrected chi connectivity index (χ2v) is 5.55. The van der Waals surface area contributed by atoms with Crippen LogP contribution in [0.1, 0.15) is 23.0 Å². The van der Waals surface area contributed by atoms with Crippen LogP contribution in [0.5, 0.6) is 11.5 Å². The molecule has 0 spiro atoms. The topological polar surface area (TPSA) is 73.6 Å². The highest BCUT2D eigenvalue weighted by molar-refractivity contribution is 5.94. The van der Waals surface area contributed by atoms with Crippen LogP contribution in [-0.4, -0.2) is 24.8 Å². The Bertz CT molecular complexity index is 872. The molecule has 6 nitrogen and oxygen atoms in total. The molecule has 1 amide bonds. The predicted octanol–water partition coefficient (Wildman–Crippen LogP) is 3.68. The zero-order valence-electron chi connectivity index (χ0n) is 14.7. The Balaban J connectivity index is 1.61. The zero-order valence-corrected chi connectivity index (χ0v) is 14.7. The summed E-state index contributed by atoms with van der Waals surface area (Å²) in [5, 5.41) is 6.83. The van der Waals surface area contributed by atoms with Crippen molar-refractivity contribution in [3.8, 4) is 22.8 Å². The normalized spacial score (nSPS) is 10.4. The quantitative estimate of drug-likeness (QED) is 0.702. The fourth-order valence-corrected chi connectivity index (χ4v) is 2.45. The molecule has 0 aliphatic heterocycles. The minimum absolute atomic E-state index is 0.182. The SMILES string of the molecule is CCOc1ccc(C(=O)NCc2cc(-c3cccc(OC)c3)on2)cc1. The number of carbonyl (C=O) groups is 1. The summed E-state index contributed by atoms with van der Waals surface area (Å²) in [6, 6.07) is 16.3. The van der Waals surface area contributed by atoms with E-state index in [1.807, 2.05) is 31.2 Å². The third kappa shape index (κ3) is 4.22. The van der Waals surface area contributed by atoms with E-state index in [2.05, 4.69) is 10.5 Å². The number of benzene rings is 2. The molecule has 1 aromatic heterocycles. The number of nitrogens with one attached hydrogen (secondary N) is 1. The highest BCUT2D eigenvalue weighted by Crippen LogP contribution is 2.24. The number of hydrogen-bond donors (Lipinski definition) is 1. The Labute approximate surface area is 151 Å². The zero-order chi connectivity index (χ0) is 18.4. The minimum Gasteiger partial charge on any atom is -0.497 e. The third-order valence-corrected chi connectivity index (χ3v) is 3.77. The lowest BCUT2D eigenvalue weighted by Gasteiger charge is -2.05. The fraction of sp³-hybridized carbons (Fsp3) is 0.200. The smallest absolute Gasteiger partial charge is 0.251 e. The summed E-state index contributed by atoms with van der Waals surface area (Å²) in [6.07, 6.45) is 0. The highest BCUT2D eigenvalue weighted by Gasteiger charge is 2.10. The number of ether oxygens (including phenoxy) is 2. The molecule has 0 radical (unpaired) electrons. The van der Waals surface area contributed by atoms with Crippen LogP contribution in [0.2, 0.25) is 0 Å². The first-order valence-corrected chi connectivity index (χ1v) is 8.30. The lowest BCUT2D eigenvalue weighted by atomic mass is 10.1. The molecule has 0 aliphatic carbocycles. The largest absolute Gasteiger partial charge is 0.497 e. The van der Waals surface area contributed by atoms with E-state index in [0.29, 0.717) is 23.6 Å². The van der Waals surface area contributed by atoms with Crippen molar-refractivity contribution >= 4 is 5.91 Å². The maximum Gasteiger partial charge on any atom is 0.251 e. The summed E-state index contributed by atoms with van der Waals surface area (Å²) in [4.78, 5) is 12.2. The molecular weight excluding hydrogens is 332 g/mol. The maximum absolute atomic E-state index is 12.2. The average molecular weight is 352 g/mol. The first-order chi connectivity index (χ1) is 12.7. The van der Waals surface area contributed by atoms with Crippen molar-refractivity contribution in [3.05, 3.63) is 65.9 Å². The van der Waals surface area contributed by atoms with Gasteiger partial charge in [0.1, 0.15) is 17.2 Å². The Morgan fingerprint density at radius 1 is 1.12 bits per heavy atom. The van der Waals surface area contributed by atoms with Crippen LogP contribution in [0.15, 0.2) is 59.1 Å². The Hall–Kier alpha value is -3.28. The molecule has 0 aliphatic rings. The van der Waals surface area contributed by atoms with Gasteiger partial charge in [0.2, 0.25) is 0 Å². The average Bonchev–Trinajstić information content (AvgIpc) is 3.16. The lowest BCUT2D eigenvalue weighted by molar-refractivity contribution is 0.0950. The van der Waals surface area contributed by atoms with E-state index < -0.39 is 0 Å². The molecule has 0 fully saturated rings. The summed E-state index contributed by atoms with van der Waals surface area (Å²) in [5.74, 6) is 1.92. The van der Waals surface area contributed by atoms with Gasteiger partial charge in [-0.2, -0.15) is 0 Å². The molecule has 3 aromatic rings. The second kappa shape index (κ2) is 8.20. The molecule has 6 heteroatoms. The fourth-order valence-electron chi connectivity index (χ4n) is 2.45. The Kier molecular flexibility index (Phi) is 5.53. The van der Waals surface area contributed by atoms with Crippen LogP contribution in [0.3, 0.4) is 0 Å². The van der Waals surface area contributed by atoms with Gasteiger partial charge in [-0.05, 0) is 43.3 Å². The predicted molar refractivity (Wildman–Crippen MR) is 97.3 cm³/mol. The van der Waals surface area contributed by atoms with Gasteiger partial charge in [-0.3, -0.25) is 4.79 Å². The van der Waals surface area contributed by atoms with Gasteiger partial charge in [-0.25, -0.2) is 0 Å². The Morgan fingerprint density at radius 3 is 2.65 bits per heavy atom. The van der Waals surface area contributed by atoms with Crippen LogP contribution in [0.4, 0.5) is 0 Å². The van der Waals surface area contributed by atoms with Gasteiger partial charge < -0.3 is 19.3 Å². The van der Waals surface area contributed by atoms with Crippen LogP contribution in [0.25, 0.3) is 11.3 Å². The van der Waals surface area contributed by atoms with Gasteiger partial charge in [0.25, 0.3) is 5.91 Å². The molecule has 3 rings (SSSR count). The van der Waals surface area contributed by atoms with Crippen molar-refractivity contribution in [2.24, 2.45) is 0 Å². The van der Waals surface area contributed by atoms with Crippen LogP contribution < -0.4 is 14.8 Å². The first kappa shape index (κ1) is 17.5. The molecule has 0 saturated heterocycles. The standard InChI is InChI=1S/C20H20N2O4/c1-3-25-17-9-7-14(8-10-17)20(23)21-13-16-12-19(26-22-16)15-5-4-6-18(11-15)24-2/h4-12H,3,13H2,1-2H3,(H,21,23). The first-order valence-electron chi connectivity index (χ1n) is 8.30. The molecule has 0 bridgehead atoms. The van der Waals surface area contributed by atoms with Crippen molar-refractivity contribution in [2.75, 3.05) is 13.7 Å². The lowest BCUT2D eigenvalue weighted by Crippen LogP contribution is -2.22. The monoisotopic (exact) mass is 352 g/mol. The van der Waals surface area contributed by atoms with Gasteiger partial charge >= 0.3 is 0 Å². The van der Waals surface area contributed by atoms with Gasteiger partial charge in [-0.15, -0.1) is 0 Å². The third-order valence-electron chi connectivity index (χ3n) is 3.77. The van der Waals surface area contributed by atoms with Crippen LogP contribution >= 0.6 is 0 Å². The summed E-state index contributed by atoms with van der Waals surface area (Å²) in [5.41, 5.74) is 2.06. The minimum atomic E-state index is -0.182. The molecule has 0 atom stereocenters. The van der Waals surface area contributed by atoms with E-state index in [-0.39, 0.29) is 12.5 Å². The second-order valence-electron chi connectivity index (χ2n) is 5.55. The van der Waals surface area contributed by atoms with E-state index in [1.165, 1.54) is 0 Å². The van der Waals surface area contributed by atoms with Gasteiger partial charge in [0.05, 0.1) is 20.3 Å². The number of amides is 1. The number of methoxy groups -OCH3 is 1. The van der Waals surface area contributed by atoms with E-state index in [1.54, 1.807) is 37.4 Å². The van der Waals surface area contributed by atoms with E-state index in [4.69, 9.17) is 14.0 Å². The van der Waals surface area contributed by atoms with E-state index in [9.17, 15) is 4.79 Å². The summed E-state index contributed by atoms with van der Waals surface area (Å²) in [6.45, 7) is 2.78. The summed E-state index contributed by atoms with van der Waals surface area (Å²) < 4.78 is 15.9. The molecule has 2 aromatic carbocycles. The van der Waals surface area contributed by atoms with E-state index in [0.717, 1.165) is 17.1 Å². The van der Waals surface area contributed by atoms with Crippen LogP contribution in [-0.2, 0) is 6.54 Å². The number of hydrogen-bond acceptors (Lipinski definition) is 5. The molecule has 1 N–H and O–H groups in total. The molecule has 0 saturated carbocycles. The highest BCUT2D eigenvalue weighted by atomic mass is 16.5. The number of nitrogens with zero attached hydrogens (tertiary/aromatic N) is 1. The van der Waals surface area contributed by atoms with Crippen molar-refractivity contribution in [1.82, 2.24) is 10.5 Å². The van der Waals surface area contributed by atoms with Crippen LogP contribution in [0, 0.1) is 0 Å². The summed E-state index contributed by atoms with van der Waals surface area (Å²) >= 11 is 0. The van der Waals surface area contributed by atoms with Crippen molar-refractivity contribution in [2.45, 2.75) is 13.5 Å². The van der Waals surface area contributed by atoms with Crippen molar-refractivity contribution < 1.29 is 18.8 Å². The van der Waals surface area contributed by atoms with E-state index >= 15 is 0 Å². The van der Waals surface area contributed by atoms with Gasteiger partial charge in [0.15, 0.2) is 5.76 Å². The van der Waals surface area contributed by atoms with Crippen molar-refractivity contribution in [3.63, 3.8) is 0 Å². The summed E-state index contributed by atoms with van der Waals surface area (Å²) in [7, 11) is 1.61. The molecule has 26 heavy (non-hydrogen) atoms.